The van der Waals surface area contributed by atoms with Crippen LogP contribution in [0.5, 0.6) is 0 Å². The number of amides is 1. The molecule has 1 saturated heterocycles. The third-order valence-electron chi connectivity index (χ3n) is 5.20. The van der Waals surface area contributed by atoms with E-state index in [1.165, 1.54) is 10.5 Å². The van der Waals surface area contributed by atoms with Crippen molar-refractivity contribution in [1.29, 1.82) is 0 Å². The number of piperazine rings is 1. The average molecular weight is 418 g/mol. The van der Waals surface area contributed by atoms with Crippen LogP contribution in [0.2, 0.25) is 5.02 Å². The van der Waals surface area contributed by atoms with Crippen LogP contribution >= 0.6 is 23.4 Å². The van der Waals surface area contributed by atoms with E-state index in [0.717, 1.165) is 54.8 Å². The van der Waals surface area contributed by atoms with Crippen molar-refractivity contribution in [3.05, 3.63) is 58.6 Å². The standard InChI is InChI=1S/C22H28ClN3OS/c1-17-4-3-5-21(18(17)2)24-22(27)16-26-12-10-25(11-13-26)14-15-28-20-8-6-19(23)7-9-20/h3-9H,10-16H2,1-2H3,(H,24,27). The molecule has 3 rings (SSSR count). The molecule has 0 radical (unpaired) electrons. The summed E-state index contributed by atoms with van der Waals surface area (Å²) in [6.45, 7) is 9.53. The highest BCUT2D eigenvalue weighted by atomic mass is 35.5. The minimum absolute atomic E-state index is 0.0699. The number of carbonyl (C=O) groups excluding carboxylic acids is 1. The lowest BCUT2D eigenvalue weighted by Crippen LogP contribution is -2.49. The number of carbonyl (C=O) groups is 1. The Labute approximate surface area is 177 Å². The van der Waals surface area contributed by atoms with E-state index in [0.29, 0.717) is 6.54 Å². The van der Waals surface area contributed by atoms with Crippen LogP contribution in [0, 0.1) is 13.8 Å². The van der Waals surface area contributed by atoms with Gasteiger partial charge in [0.05, 0.1) is 6.54 Å². The van der Waals surface area contributed by atoms with Gasteiger partial charge in [-0.15, -0.1) is 11.8 Å². The largest absolute Gasteiger partial charge is 0.325 e. The van der Waals surface area contributed by atoms with Crippen molar-refractivity contribution >= 4 is 35.0 Å². The number of nitrogens with one attached hydrogen (secondary N) is 1. The Morgan fingerprint density at radius 3 is 2.43 bits per heavy atom. The van der Waals surface area contributed by atoms with Gasteiger partial charge in [0.1, 0.15) is 0 Å². The maximum absolute atomic E-state index is 12.4. The zero-order chi connectivity index (χ0) is 19.9. The zero-order valence-corrected chi connectivity index (χ0v) is 18.2. The molecular weight excluding hydrogens is 390 g/mol. The van der Waals surface area contributed by atoms with Crippen molar-refractivity contribution in [2.45, 2.75) is 18.7 Å². The number of halogens is 1. The summed E-state index contributed by atoms with van der Waals surface area (Å²) >= 11 is 7.79. The number of anilines is 1. The van der Waals surface area contributed by atoms with E-state index < -0.39 is 0 Å². The van der Waals surface area contributed by atoms with Crippen LogP contribution in [-0.4, -0.2) is 60.7 Å². The molecule has 2 aromatic carbocycles. The summed E-state index contributed by atoms with van der Waals surface area (Å²) in [7, 11) is 0. The van der Waals surface area contributed by atoms with E-state index in [1.54, 1.807) is 0 Å². The Morgan fingerprint density at radius 1 is 1.04 bits per heavy atom. The molecule has 1 fully saturated rings. The van der Waals surface area contributed by atoms with Gasteiger partial charge in [0.2, 0.25) is 5.91 Å². The molecule has 2 aromatic rings. The third-order valence-corrected chi connectivity index (χ3v) is 6.44. The Kier molecular flexibility index (Phi) is 7.80. The SMILES string of the molecule is Cc1cccc(NC(=O)CN2CCN(CCSc3ccc(Cl)cc3)CC2)c1C. The average Bonchev–Trinajstić information content (AvgIpc) is 2.68. The molecule has 4 nitrogen and oxygen atoms in total. The van der Waals surface area contributed by atoms with Gasteiger partial charge in [-0.25, -0.2) is 0 Å². The molecule has 0 spiro atoms. The highest BCUT2D eigenvalue weighted by Crippen LogP contribution is 2.21. The normalized spacial score (nSPS) is 15.5. The number of hydrogen-bond donors (Lipinski definition) is 1. The van der Waals surface area contributed by atoms with Gasteiger partial charge < -0.3 is 5.32 Å². The Bertz CT molecular complexity index is 789. The predicted octanol–water partition coefficient (Wildman–Crippen LogP) is 4.31. The van der Waals surface area contributed by atoms with Gasteiger partial charge in [0.25, 0.3) is 0 Å². The minimum Gasteiger partial charge on any atom is -0.325 e. The van der Waals surface area contributed by atoms with Crippen LogP contribution in [-0.2, 0) is 4.79 Å². The number of aryl methyl sites for hydroxylation is 1. The second-order valence-corrected chi connectivity index (χ2v) is 8.82. The molecule has 0 aromatic heterocycles. The molecule has 0 saturated carbocycles. The minimum atomic E-state index is 0.0699. The topological polar surface area (TPSA) is 35.6 Å². The van der Waals surface area contributed by atoms with E-state index >= 15 is 0 Å². The van der Waals surface area contributed by atoms with Gasteiger partial charge in [-0.3, -0.25) is 14.6 Å². The number of nitrogens with zero attached hydrogens (tertiary/aromatic N) is 2. The van der Waals surface area contributed by atoms with Crippen LogP contribution in [0.4, 0.5) is 5.69 Å². The summed E-state index contributed by atoms with van der Waals surface area (Å²) in [5.41, 5.74) is 3.25. The summed E-state index contributed by atoms with van der Waals surface area (Å²) in [6, 6.07) is 14.0. The second-order valence-electron chi connectivity index (χ2n) is 7.22. The molecule has 1 aliphatic rings. The van der Waals surface area contributed by atoms with Crippen molar-refractivity contribution in [3.63, 3.8) is 0 Å². The molecule has 1 heterocycles. The number of rotatable bonds is 7. The van der Waals surface area contributed by atoms with Crippen molar-refractivity contribution in [1.82, 2.24) is 9.80 Å². The van der Waals surface area contributed by atoms with E-state index in [2.05, 4.69) is 40.2 Å². The van der Waals surface area contributed by atoms with Crippen LogP contribution < -0.4 is 5.32 Å². The fraction of sp³-hybridized carbons (Fsp3) is 0.409. The van der Waals surface area contributed by atoms with E-state index in [-0.39, 0.29) is 5.91 Å². The first-order chi connectivity index (χ1) is 13.5. The number of hydrogen-bond acceptors (Lipinski definition) is 4. The molecule has 28 heavy (non-hydrogen) atoms. The lowest BCUT2D eigenvalue weighted by molar-refractivity contribution is -0.117. The molecule has 150 valence electrons. The Morgan fingerprint density at radius 2 is 1.71 bits per heavy atom. The van der Waals surface area contributed by atoms with E-state index in [9.17, 15) is 4.79 Å². The van der Waals surface area contributed by atoms with Gasteiger partial charge in [-0.2, -0.15) is 0 Å². The zero-order valence-electron chi connectivity index (χ0n) is 16.6. The summed E-state index contributed by atoms with van der Waals surface area (Å²) < 4.78 is 0. The summed E-state index contributed by atoms with van der Waals surface area (Å²) in [6.07, 6.45) is 0. The molecule has 0 atom stereocenters. The Balaban J connectivity index is 1.36. The quantitative estimate of drug-likeness (QED) is 0.681. The highest BCUT2D eigenvalue weighted by molar-refractivity contribution is 7.99. The van der Waals surface area contributed by atoms with Crippen molar-refractivity contribution in [3.8, 4) is 0 Å². The van der Waals surface area contributed by atoms with Crippen molar-refractivity contribution in [2.75, 3.05) is 50.3 Å². The van der Waals surface area contributed by atoms with Crippen LogP contribution in [0.25, 0.3) is 0 Å². The second kappa shape index (κ2) is 10.3. The third kappa shape index (κ3) is 6.24. The lowest BCUT2D eigenvalue weighted by atomic mass is 10.1. The Hall–Kier alpha value is -1.53. The van der Waals surface area contributed by atoms with Crippen LogP contribution in [0.3, 0.4) is 0 Å². The smallest absolute Gasteiger partial charge is 0.238 e. The predicted molar refractivity (Wildman–Crippen MR) is 120 cm³/mol. The molecule has 0 bridgehead atoms. The van der Waals surface area contributed by atoms with Gasteiger partial charge in [0, 0.05) is 54.1 Å². The van der Waals surface area contributed by atoms with Crippen LogP contribution in [0.15, 0.2) is 47.4 Å². The first-order valence-corrected chi connectivity index (χ1v) is 11.1. The maximum Gasteiger partial charge on any atom is 0.238 e. The molecule has 0 unspecified atom stereocenters. The molecular formula is C22H28ClN3OS. The molecule has 1 amide bonds. The van der Waals surface area contributed by atoms with Crippen molar-refractivity contribution < 1.29 is 4.79 Å². The van der Waals surface area contributed by atoms with Crippen LogP contribution in [0.1, 0.15) is 11.1 Å². The monoisotopic (exact) mass is 417 g/mol. The summed E-state index contributed by atoms with van der Waals surface area (Å²) in [5, 5.41) is 3.84. The van der Waals surface area contributed by atoms with Gasteiger partial charge in [0.15, 0.2) is 0 Å². The molecule has 1 aliphatic heterocycles. The first-order valence-electron chi connectivity index (χ1n) is 9.70. The van der Waals surface area contributed by atoms with E-state index in [4.69, 9.17) is 11.6 Å². The molecule has 0 aliphatic carbocycles. The molecule has 6 heteroatoms. The lowest BCUT2D eigenvalue weighted by Gasteiger charge is -2.34. The van der Waals surface area contributed by atoms with Gasteiger partial charge in [-0.05, 0) is 55.3 Å². The van der Waals surface area contributed by atoms with Crippen molar-refractivity contribution in [2.24, 2.45) is 0 Å². The van der Waals surface area contributed by atoms with Gasteiger partial charge >= 0.3 is 0 Å². The maximum atomic E-state index is 12.4. The fourth-order valence-corrected chi connectivity index (χ4v) is 4.31. The highest BCUT2D eigenvalue weighted by Gasteiger charge is 2.19. The number of benzene rings is 2. The fourth-order valence-electron chi connectivity index (χ4n) is 3.27. The number of thioether (sulfide) groups is 1. The van der Waals surface area contributed by atoms with E-state index in [1.807, 2.05) is 43.0 Å². The van der Waals surface area contributed by atoms with Gasteiger partial charge in [-0.1, -0.05) is 23.7 Å². The summed E-state index contributed by atoms with van der Waals surface area (Å²) in [4.78, 5) is 18.4. The first kappa shape index (κ1) is 21.2. The summed E-state index contributed by atoms with van der Waals surface area (Å²) in [5.74, 6) is 1.13. The molecule has 1 N–H and O–H groups in total.